The number of urea groups is 1. The zero-order chi connectivity index (χ0) is 15.8. The maximum atomic E-state index is 12.5. The van der Waals surface area contributed by atoms with E-state index < -0.39 is 0 Å². The molecule has 2 aliphatic heterocycles. The van der Waals surface area contributed by atoms with Gasteiger partial charge in [0.05, 0.1) is 0 Å². The largest absolute Gasteiger partial charge is 0.324 e. The van der Waals surface area contributed by atoms with E-state index in [2.05, 4.69) is 5.32 Å². The number of anilines is 1. The molecule has 2 bridgehead atoms. The Morgan fingerprint density at radius 1 is 1.00 bits per heavy atom. The summed E-state index contributed by atoms with van der Waals surface area (Å²) in [6.07, 6.45) is 1.05. The molecular formula is C18H19N3O2. The van der Waals surface area contributed by atoms with Crippen LogP contribution < -0.4 is 10.9 Å². The van der Waals surface area contributed by atoms with Crippen molar-refractivity contribution in [2.24, 2.45) is 5.92 Å². The molecule has 2 aromatic rings. The molecule has 0 radical (unpaired) electrons. The second-order valence-electron chi connectivity index (χ2n) is 6.40. The number of likely N-dealkylation sites (tertiary alicyclic amines) is 1. The van der Waals surface area contributed by atoms with E-state index in [0.717, 1.165) is 17.8 Å². The number of nitrogens with zero attached hydrogens (tertiary/aromatic N) is 2. The summed E-state index contributed by atoms with van der Waals surface area (Å²) < 4.78 is 1.88. The highest BCUT2D eigenvalue weighted by molar-refractivity contribution is 5.89. The fourth-order valence-electron chi connectivity index (χ4n) is 3.79. The standard InChI is InChI=1S/C18H19N3O2/c22-17-8-4-7-16-14-9-13(11-21(16)17)10-20(12-14)18(23)19-15-5-2-1-3-6-15/h1-8,13-14H,9-12H2,(H,19,23)/t13-,14+/m0/s1. The number of para-hydroxylation sites is 1. The summed E-state index contributed by atoms with van der Waals surface area (Å²) in [4.78, 5) is 26.4. The summed E-state index contributed by atoms with van der Waals surface area (Å²) in [6.45, 7) is 2.08. The SMILES string of the molecule is O=C(Nc1ccccc1)N1C[C@@H]2C[C@H](C1)c1cccc(=O)n1C2. The molecule has 1 fully saturated rings. The van der Waals surface area contributed by atoms with Gasteiger partial charge in [-0.05, 0) is 30.5 Å². The van der Waals surface area contributed by atoms with Crippen LogP contribution in [0.15, 0.2) is 53.3 Å². The smallest absolute Gasteiger partial charge is 0.321 e. The van der Waals surface area contributed by atoms with E-state index in [1.807, 2.05) is 51.9 Å². The zero-order valence-corrected chi connectivity index (χ0v) is 12.8. The predicted molar refractivity (Wildman–Crippen MR) is 88.6 cm³/mol. The van der Waals surface area contributed by atoms with Gasteiger partial charge in [-0.1, -0.05) is 24.3 Å². The molecule has 23 heavy (non-hydrogen) atoms. The van der Waals surface area contributed by atoms with Crippen molar-refractivity contribution in [1.29, 1.82) is 0 Å². The van der Waals surface area contributed by atoms with Gasteiger partial charge in [-0.3, -0.25) is 4.79 Å². The Bertz CT molecular complexity index is 784. The maximum absolute atomic E-state index is 12.5. The summed E-state index contributed by atoms with van der Waals surface area (Å²) in [6, 6.07) is 14.9. The van der Waals surface area contributed by atoms with Crippen molar-refractivity contribution in [3.05, 3.63) is 64.6 Å². The van der Waals surface area contributed by atoms with E-state index in [4.69, 9.17) is 0 Å². The number of carbonyl (C=O) groups is 1. The topological polar surface area (TPSA) is 54.3 Å². The third-order valence-corrected chi connectivity index (χ3v) is 4.79. The molecule has 0 saturated carbocycles. The molecular weight excluding hydrogens is 290 g/mol. The van der Waals surface area contributed by atoms with Gasteiger partial charge in [-0.2, -0.15) is 0 Å². The first kappa shape index (κ1) is 14.1. The molecule has 5 nitrogen and oxygen atoms in total. The minimum Gasteiger partial charge on any atom is -0.324 e. The predicted octanol–water partition coefficient (Wildman–Crippen LogP) is 2.50. The third-order valence-electron chi connectivity index (χ3n) is 4.79. The molecule has 1 saturated heterocycles. The molecule has 118 valence electrons. The van der Waals surface area contributed by atoms with Crippen LogP contribution in [0.5, 0.6) is 0 Å². The number of hydrogen-bond donors (Lipinski definition) is 1. The Kier molecular flexibility index (Phi) is 3.41. The molecule has 3 heterocycles. The fraction of sp³-hybridized carbons (Fsp3) is 0.333. The Balaban J connectivity index is 1.54. The minimum atomic E-state index is -0.0578. The second-order valence-corrected chi connectivity index (χ2v) is 6.40. The van der Waals surface area contributed by atoms with Gasteiger partial charge in [0.1, 0.15) is 0 Å². The number of aromatic nitrogens is 1. The molecule has 0 unspecified atom stereocenters. The van der Waals surface area contributed by atoms with Crippen molar-refractivity contribution in [3.8, 4) is 0 Å². The average molecular weight is 309 g/mol. The van der Waals surface area contributed by atoms with Crippen LogP contribution in [0.3, 0.4) is 0 Å². The number of carbonyl (C=O) groups excluding carboxylic acids is 1. The number of piperidine rings is 1. The Morgan fingerprint density at radius 3 is 2.65 bits per heavy atom. The molecule has 0 spiro atoms. The number of benzene rings is 1. The molecule has 5 heteroatoms. The Morgan fingerprint density at radius 2 is 1.83 bits per heavy atom. The highest BCUT2D eigenvalue weighted by Crippen LogP contribution is 2.35. The highest BCUT2D eigenvalue weighted by atomic mass is 16.2. The Hall–Kier alpha value is -2.56. The molecule has 1 N–H and O–H groups in total. The number of fused-ring (bicyclic) bond motifs is 4. The van der Waals surface area contributed by atoms with Crippen molar-refractivity contribution >= 4 is 11.7 Å². The average Bonchev–Trinajstić information content (AvgIpc) is 2.57. The van der Waals surface area contributed by atoms with E-state index in [1.54, 1.807) is 6.07 Å². The molecule has 2 aliphatic rings. The van der Waals surface area contributed by atoms with Gasteiger partial charge in [0.25, 0.3) is 5.56 Å². The van der Waals surface area contributed by atoms with Gasteiger partial charge in [0, 0.05) is 43.0 Å². The maximum Gasteiger partial charge on any atom is 0.321 e. The van der Waals surface area contributed by atoms with Crippen LogP contribution in [0, 0.1) is 5.92 Å². The van der Waals surface area contributed by atoms with Gasteiger partial charge in [-0.15, -0.1) is 0 Å². The van der Waals surface area contributed by atoms with Crippen LogP contribution in [0.4, 0.5) is 10.5 Å². The van der Waals surface area contributed by atoms with Crippen LogP contribution in [0.25, 0.3) is 0 Å². The molecule has 2 amide bonds. The lowest BCUT2D eigenvalue weighted by Crippen LogP contribution is -2.50. The number of hydrogen-bond acceptors (Lipinski definition) is 2. The number of rotatable bonds is 1. The van der Waals surface area contributed by atoms with Gasteiger partial charge in [0.2, 0.25) is 0 Å². The first-order valence-corrected chi connectivity index (χ1v) is 8.01. The molecule has 1 aromatic heterocycles. The van der Waals surface area contributed by atoms with Crippen LogP contribution in [0.1, 0.15) is 18.0 Å². The van der Waals surface area contributed by atoms with E-state index in [0.29, 0.717) is 25.6 Å². The van der Waals surface area contributed by atoms with E-state index in [9.17, 15) is 9.59 Å². The molecule has 2 atom stereocenters. The van der Waals surface area contributed by atoms with E-state index in [-0.39, 0.29) is 17.5 Å². The lowest BCUT2D eigenvalue weighted by molar-refractivity contribution is 0.139. The first-order valence-electron chi connectivity index (χ1n) is 8.01. The van der Waals surface area contributed by atoms with Crippen LogP contribution in [0.2, 0.25) is 0 Å². The zero-order valence-electron chi connectivity index (χ0n) is 12.8. The first-order chi connectivity index (χ1) is 11.2. The van der Waals surface area contributed by atoms with E-state index >= 15 is 0 Å². The Labute approximate surface area is 134 Å². The summed E-state index contributed by atoms with van der Waals surface area (Å²) in [5.41, 5.74) is 1.94. The fourth-order valence-corrected chi connectivity index (χ4v) is 3.79. The number of nitrogens with one attached hydrogen (secondary N) is 1. The van der Waals surface area contributed by atoms with Gasteiger partial charge >= 0.3 is 6.03 Å². The van der Waals surface area contributed by atoms with Crippen LogP contribution in [-0.4, -0.2) is 28.6 Å². The van der Waals surface area contributed by atoms with Crippen LogP contribution in [-0.2, 0) is 6.54 Å². The van der Waals surface area contributed by atoms with Crippen molar-refractivity contribution in [2.45, 2.75) is 18.9 Å². The normalized spacial score (nSPS) is 22.3. The second kappa shape index (κ2) is 5.57. The lowest BCUT2D eigenvalue weighted by Gasteiger charge is -2.42. The molecule has 4 rings (SSSR count). The highest BCUT2D eigenvalue weighted by Gasteiger charge is 2.36. The van der Waals surface area contributed by atoms with Crippen molar-refractivity contribution < 1.29 is 4.79 Å². The van der Waals surface area contributed by atoms with Crippen molar-refractivity contribution in [1.82, 2.24) is 9.47 Å². The number of pyridine rings is 1. The summed E-state index contributed by atoms with van der Waals surface area (Å²) >= 11 is 0. The van der Waals surface area contributed by atoms with Gasteiger partial charge < -0.3 is 14.8 Å². The van der Waals surface area contributed by atoms with Gasteiger partial charge in [0.15, 0.2) is 0 Å². The van der Waals surface area contributed by atoms with Crippen molar-refractivity contribution in [2.75, 3.05) is 18.4 Å². The quantitative estimate of drug-likeness (QED) is 0.880. The third kappa shape index (κ3) is 2.63. The van der Waals surface area contributed by atoms with Crippen LogP contribution >= 0.6 is 0 Å². The summed E-state index contributed by atoms with van der Waals surface area (Å²) in [7, 11) is 0. The van der Waals surface area contributed by atoms with Gasteiger partial charge in [-0.25, -0.2) is 4.79 Å². The van der Waals surface area contributed by atoms with E-state index in [1.165, 1.54) is 0 Å². The lowest BCUT2D eigenvalue weighted by atomic mass is 9.83. The van der Waals surface area contributed by atoms with Crippen molar-refractivity contribution in [3.63, 3.8) is 0 Å². The summed E-state index contributed by atoms with van der Waals surface area (Å²) in [5, 5.41) is 2.95. The number of amides is 2. The molecule has 0 aliphatic carbocycles. The monoisotopic (exact) mass is 309 g/mol. The molecule has 1 aromatic carbocycles. The summed E-state index contributed by atoms with van der Waals surface area (Å²) in [5.74, 6) is 0.598. The minimum absolute atomic E-state index is 0.0578.